The third-order valence-corrected chi connectivity index (χ3v) is 5.76. The van der Waals surface area contributed by atoms with Gasteiger partial charge < -0.3 is 9.15 Å². The van der Waals surface area contributed by atoms with E-state index in [9.17, 15) is 4.79 Å². The SMILES string of the molecule is Cc1cccc(OCc2nnc(SC(C)C(=O)c3ccc4c(c3)CCC4)o2)c1. The van der Waals surface area contributed by atoms with Crippen LogP contribution in [0.5, 0.6) is 5.75 Å². The molecule has 0 saturated carbocycles. The molecule has 0 fully saturated rings. The summed E-state index contributed by atoms with van der Waals surface area (Å²) in [6.07, 6.45) is 3.35. The topological polar surface area (TPSA) is 65.2 Å². The van der Waals surface area contributed by atoms with E-state index in [4.69, 9.17) is 9.15 Å². The van der Waals surface area contributed by atoms with Crippen LogP contribution in [0.3, 0.4) is 0 Å². The van der Waals surface area contributed by atoms with Gasteiger partial charge in [0.25, 0.3) is 11.1 Å². The maximum atomic E-state index is 12.8. The average Bonchev–Trinajstić information content (AvgIpc) is 3.34. The van der Waals surface area contributed by atoms with Crippen LogP contribution in [0, 0.1) is 6.92 Å². The molecule has 2 aromatic carbocycles. The van der Waals surface area contributed by atoms with Crippen LogP contribution in [0.25, 0.3) is 0 Å². The molecule has 28 heavy (non-hydrogen) atoms. The van der Waals surface area contributed by atoms with E-state index in [1.54, 1.807) is 0 Å². The second-order valence-corrected chi connectivity index (χ2v) is 8.32. The Bertz CT molecular complexity index is 999. The number of hydrogen-bond donors (Lipinski definition) is 0. The van der Waals surface area contributed by atoms with Crippen molar-refractivity contribution in [2.75, 3.05) is 0 Å². The molecule has 1 aromatic heterocycles. The monoisotopic (exact) mass is 394 g/mol. The van der Waals surface area contributed by atoms with Gasteiger partial charge in [0.1, 0.15) is 5.75 Å². The number of Topliss-reactive ketones (excluding diaryl/α,β-unsaturated/α-hetero) is 1. The first kappa shape index (κ1) is 18.7. The van der Waals surface area contributed by atoms with Crippen LogP contribution >= 0.6 is 11.8 Å². The summed E-state index contributed by atoms with van der Waals surface area (Å²) in [5.41, 5.74) is 4.55. The lowest BCUT2D eigenvalue weighted by atomic mass is 10.0. The highest BCUT2D eigenvalue weighted by molar-refractivity contribution is 8.00. The maximum absolute atomic E-state index is 12.8. The summed E-state index contributed by atoms with van der Waals surface area (Å²) in [5.74, 6) is 1.23. The predicted octanol–water partition coefficient (Wildman–Crippen LogP) is 4.81. The minimum Gasteiger partial charge on any atom is -0.484 e. The molecule has 1 unspecified atom stereocenters. The summed E-state index contributed by atoms with van der Waals surface area (Å²) >= 11 is 1.28. The molecule has 0 radical (unpaired) electrons. The maximum Gasteiger partial charge on any atom is 0.277 e. The van der Waals surface area contributed by atoms with E-state index in [-0.39, 0.29) is 17.6 Å². The Morgan fingerprint density at radius 1 is 1.18 bits per heavy atom. The molecule has 144 valence electrons. The molecule has 1 heterocycles. The zero-order chi connectivity index (χ0) is 19.5. The summed E-state index contributed by atoms with van der Waals surface area (Å²) < 4.78 is 11.3. The van der Waals surface area contributed by atoms with Crippen molar-refractivity contribution in [3.63, 3.8) is 0 Å². The van der Waals surface area contributed by atoms with Crippen LogP contribution in [-0.4, -0.2) is 21.2 Å². The van der Waals surface area contributed by atoms with Crippen molar-refractivity contribution in [1.29, 1.82) is 0 Å². The van der Waals surface area contributed by atoms with Crippen molar-refractivity contribution < 1.29 is 13.9 Å². The number of carbonyl (C=O) groups excluding carboxylic acids is 1. The first-order chi connectivity index (χ1) is 13.6. The van der Waals surface area contributed by atoms with Crippen molar-refractivity contribution in [1.82, 2.24) is 10.2 Å². The van der Waals surface area contributed by atoms with E-state index in [2.05, 4.69) is 16.3 Å². The second kappa shape index (κ2) is 8.19. The molecule has 3 aromatic rings. The number of ketones is 1. The Balaban J connectivity index is 1.36. The highest BCUT2D eigenvalue weighted by atomic mass is 32.2. The molecule has 5 nitrogen and oxygen atoms in total. The van der Waals surface area contributed by atoms with Crippen LogP contribution in [0.15, 0.2) is 52.1 Å². The number of aryl methyl sites for hydroxylation is 3. The Labute approximate surface area is 168 Å². The quantitative estimate of drug-likeness (QED) is 0.423. The lowest BCUT2D eigenvalue weighted by Crippen LogP contribution is -2.13. The molecule has 0 amide bonds. The van der Waals surface area contributed by atoms with Gasteiger partial charge in [-0.05, 0) is 68.0 Å². The fourth-order valence-electron chi connectivity index (χ4n) is 3.36. The molecular weight excluding hydrogens is 372 g/mol. The minimum atomic E-state index is -0.301. The van der Waals surface area contributed by atoms with Crippen LogP contribution in [0.4, 0.5) is 0 Å². The molecule has 0 saturated heterocycles. The van der Waals surface area contributed by atoms with Gasteiger partial charge in [-0.2, -0.15) is 0 Å². The summed E-state index contributed by atoms with van der Waals surface area (Å²) in [6, 6.07) is 13.8. The Hall–Kier alpha value is -2.60. The van der Waals surface area contributed by atoms with Gasteiger partial charge in [0, 0.05) is 5.56 Å². The van der Waals surface area contributed by atoms with E-state index in [0.29, 0.717) is 11.1 Å². The van der Waals surface area contributed by atoms with Gasteiger partial charge >= 0.3 is 0 Å². The molecule has 1 atom stereocenters. The predicted molar refractivity (Wildman–Crippen MR) is 108 cm³/mol. The van der Waals surface area contributed by atoms with Crippen LogP contribution in [-0.2, 0) is 19.4 Å². The molecule has 4 rings (SSSR count). The van der Waals surface area contributed by atoms with Crippen LogP contribution in [0.1, 0.15) is 46.3 Å². The van der Waals surface area contributed by atoms with Crippen molar-refractivity contribution in [2.45, 2.75) is 50.2 Å². The molecule has 0 spiro atoms. The molecule has 0 N–H and O–H groups in total. The number of ether oxygens (including phenoxy) is 1. The molecular formula is C22H22N2O3S. The number of benzene rings is 2. The normalized spacial score (nSPS) is 13.9. The standard InChI is InChI=1S/C22H22N2O3S/c1-14-5-3-8-19(11-14)26-13-20-23-24-22(27-20)28-15(2)21(25)18-10-9-16-6-4-7-17(16)12-18/h3,5,8-12,15H,4,6-7,13H2,1-2H3. The van der Waals surface area contributed by atoms with Gasteiger partial charge in [-0.15, -0.1) is 10.2 Å². The number of thioether (sulfide) groups is 1. The van der Waals surface area contributed by atoms with E-state index < -0.39 is 0 Å². The van der Waals surface area contributed by atoms with Gasteiger partial charge in [-0.25, -0.2) is 0 Å². The molecule has 0 aliphatic heterocycles. The molecule has 1 aliphatic rings. The lowest BCUT2D eigenvalue weighted by Gasteiger charge is -2.09. The number of hydrogen-bond acceptors (Lipinski definition) is 6. The highest BCUT2D eigenvalue weighted by Gasteiger charge is 2.21. The van der Waals surface area contributed by atoms with E-state index in [0.717, 1.165) is 29.7 Å². The number of rotatable bonds is 7. The summed E-state index contributed by atoms with van der Waals surface area (Å²) in [4.78, 5) is 12.8. The third kappa shape index (κ3) is 4.28. The van der Waals surface area contributed by atoms with E-state index >= 15 is 0 Å². The van der Waals surface area contributed by atoms with Gasteiger partial charge in [0.05, 0.1) is 5.25 Å². The van der Waals surface area contributed by atoms with Crippen molar-refractivity contribution in [3.05, 3.63) is 70.6 Å². The van der Waals surface area contributed by atoms with Gasteiger partial charge in [-0.1, -0.05) is 36.0 Å². The van der Waals surface area contributed by atoms with Gasteiger partial charge in [0.15, 0.2) is 12.4 Å². The van der Waals surface area contributed by atoms with Crippen molar-refractivity contribution in [2.24, 2.45) is 0 Å². The Morgan fingerprint density at radius 2 is 2.04 bits per heavy atom. The lowest BCUT2D eigenvalue weighted by molar-refractivity contribution is 0.0993. The minimum absolute atomic E-state index is 0.0791. The molecule has 6 heteroatoms. The molecule has 0 bridgehead atoms. The number of carbonyl (C=O) groups is 1. The number of fused-ring (bicyclic) bond motifs is 1. The van der Waals surface area contributed by atoms with E-state index in [1.165, 1.54) is 29.3 Å². The largest absolute Gasteiger partial charge is 0.484 e. The zero-order valence-corrected chi connectivity index (χ0v) is 16.8. The highest BCUT2D eigenvalue weighted by Crippen LogP contribution is 2.28. The van der Waals surface area contributed by atoms with Crippen LogP contribution in [0.2, 0.25) is 0 Å². The van der Waals surface area contributed by atoms with Gasteiger partial charge in [0.2, 0.25) is 0 Å². The second-order valence-electron chi connectivity index (χ2n) is 7.03. The first-order valence-electron chi connectivity index (χ1n) is 9.43. The van der Waals surface area contributed by atoms with Gasteiger partial charge in [-0.3, -0.25) is 4.79 Å². The van der Waals surface area contributed by atoms with E-state index in [1.807, 2.05) is 50.2 Å². The number of nitrogens with zero attached hydrogens (tertiary/aromatic N) is 2. The summed E-state index contributed by atoms with van der Waals surface area (Å²) in [6.45, 7) is 4.07. The zero-order valence-electron chi connectivity index (χ0n) is 16.0. The fourth-order valence-corrected chi connectivity index (χ4v) is 4.14. The first-order valence-corrected chi connectivity index (χ1v) is 10.3. The molecule has 1 aliphatic carbocycles. The summed E-state index contributed by atoms with van der Waals surface area (Å²) in [7, 11) is 0. The fraction of sp³-hybridized carbons (Fsp3) is 0.318. The Kier molecular flexibility index (Phi) is 5.48. The van der Waals surface area contributed by atoms with Crippen molar-refractivity contribution >= 4 is 17.5 Å². The Morgan fingerprint density at radius 3 is 2.89 bits per heavy atom. The summed E-state index contributed by atoms with van der Waals surface area (Å²) in [5, 5.41) is 8.13. The van der Waals surface area contributed by atoms with Crippen molar-refractivity contribution in [3.8, 4) is 5.75 Å². The van der Waals surface area contributed by atoms with Crippen LogP contribution < -0.4 is 4.74 Å². The average molecular weight is 394 g/mol. The smallest absolute Gasteiger partial charge is 0.277 e. The third-order valence-electron chi connectivity index (χ3n) is 4.83. The number of aromatic nitrogens is 2.